The Kier molecular flexibility index (Phi) is 2.85. The van der Waals surface area contributed by atoms with Crippen LogP contribution < -0.4 is 0 Å². The Morgan fingerprint density at radius 2 is 2.33 bits per heavy atom. The third kappa shape index (κ3) is 1.91. The zero-order chi connectivity index (χ0) is 14.4. The van der Waals surface area contributed by atoms with Crippen LogP contribution in [0.25, 0.3) is 0 Å². The van der Waals surface area contributed by atoms with Gasteiger partial charge < -0.3 is 4.90 Å². The molecule has 1 saturated carbocycles. The zero-order valence-corrected chi connectivity index (χ0v) is 12.8. The molecule has 4 rings (SSSR count). The van der Waals surface area contributed by atoms with Gasteiger partial charge in [0.25, 0.3) is 5.91 Å². The standard InChI is InChI=1S/C16H17N3OS/c1-11-8-13(18-21-11)15(20)19-10-16(5-3-6-16)14(19)12-4-2-7-17-9-12/h2,4,7-9,14H,3,5-6,10H2,1H3. The highest BCUT2D eigenvalue weighted by Gasteiger charge is 2.58. The van der Waals surface area contributed by atoms with E-state index in [1.54, 1.807) is 6.20 Å². The number of carbonyl (C=O) groups excluding carboxylic acids is 1. The Labute approximate surface area is 128 Å². The highest BCUT2D eigenvalue weighted by atomic mass is 32.1. The van der Waals surface area contributed by atoms with Gasteiger partial charge in [0.05, 0.1) is 6.04 Å². The summed E-state index contributed by atoms with van der Waals surface area (Å²) in [6, 6.07) is 6.10. The molecule has 1 amide bonds. The molecule has 1 saturated heterocycles. The second-order valence-corrected chi connectivity index (χ2v) is 7.17. The first-order chi connectivity index (χ1) is 10.2. The van der Waals surface area contributed by atoms with E-state index >= 15 is 0 Å². The Morgan fingerprint density at radius 1 is 1.48 bits per heavy atom. The molecular formula is C16H17N3OS. The van der Waals surface area contributed by atoms with Crippen molar-refractivity contribution in [1.29, 1.82) is 0 Å². The van der Waals surface area contributed by atoms with Crippen LogP contribution in [0.2, 0.25) is 0 Å². The van der Waals surface area contributed by atoms with Crippen molar-refractivity contribution in [3.05, 3.63) is 46.7 Å². The van der Waals surface area contributed by atoms with Crippen LogP contribution in [0, 0.1) is 12.3 Å². The molecule has 1 aliphatic carbocycles. The first-order valence-electron chi connectivity index (χ1n) is 7.34. The SMILES string of the molecule is Cc1cc(C(=O)N2CC3(CCC3)C2c2cccnc2)ns1. The molecule has 2 aromatic heterocycles. The lowest BCUT2D eigenvalue weighted by Crippen LogP contribution is -2.63. The number of aromatic nitrogens is 2. The molecule has 2 fully saturated rings. The summed E-state index contributed by atoms with van der Waals surface area (Å²) in [7, 11) is 0. The van der Waals surface area contributed by atoms with Crippen molar-refractivity contribution >= 4 is 17.4 Å². The summed E-state index contributed by atoms with van der Waals surface area (Å²) >= 11 is 1.39. The van der Waals surface area contributed by atoms with Gasteiger partial charge in [-0.05, 0) is 49.0 Å². The second kappa shape index (κ2) is 4.63. The van der Waals surface area contributed by atoms with Crippen LogP contribution in [0.15, 0.2) is 30.6 Å². The molecule has 2 aliphatic rings. The van der Waals surface area contributed by atoms with E-state index in [0.29, 0.717) is 11.1 Å². The minimum absolute atomic E-state index is 0.0609. The quantitative estimate of drug-likeness (QED) is 0.855. The largest absolute Gasteiger partial charge is 0.329 e. The average molecular weight is 299 g/mol. The lowest BCUT2D eigenvalue weighted by atomic mass is 9.56. The predicted molar refractivity (Wildman–Crippen MR) is 81.1 cm³/mol. The summed E-state index contributed by atoms with van der Waals surface area (Å²) < 4.78 is 4.27. The van der Waals surface area contributed by atoms with Crippen molar-refractivity contribution in [3.8, 4) is 0 Å². The summed E-state index contributed by atoms with van der Waals surface area (Å²) in [6.45, 7) is 2.85. The number of pyridine rings is 1. The van der Waals surface area contributed by atoms with E-state index in [1.165, 1.54) is 30.8 Å². The number of nitrogens with zero attached hydrogens (tertiary/aromatic N) is 3. The van der Waals surface area contributed by atoms with Gasteiger partial charge in [-0.15, -0.1) is 0 Å². The van der Waals surface area contributed by atoms with Crippen molar-refractivity contribution < 1.29 is 4.79 Å². The van der Waals surface area contributed by atoms with Gasteiger partial charge in [-0.1, -0.05) is 12.5 Å². The van der Waals surface area contributed by atoms with Gasteiger partial charge in [0.1, 0.15) is 5.69 Å². The van der Waals surface area contributed by atoms with Crippen LogP contribution in [0.3, 0.4) is 0 Å². The molecule has 0 N–H and O–H groups in total. The monoisotopic (exact) mass is 299 g/mol. The number of hydrogen-bond donors (Lipinski definition) is 0. The molecule has 1 spiro atoms. The predicted octanol–water partition coefficient (Wildman–Crippen LogP) is 3.21. The zero-order valence-electron chi connectivity index (χ0n) is 12.0. The number of hydrogen-bond acceptors (Lipinski definition) is 4. The molecule has 4 nitrogen and oxygen atoms in total. The number of carbonyl (C=O) groups is 1. The first kappa shape index (κ1) is 13.0. The highest BCUT2D eigenvalue weighted by Crippen LogP contribution is 2.60. The molecule has 5 heteroatoms. The van der Waals surface area contributed by atoms with Crippen molar-refractivity contribution in [2.45, 2.75) is 32.2 Å². The summed E-state index contributed by atoms with van der Waals surface area (Å²) in [5.74, 6) is 0.0609. The number of likely N-dealkylation sites (tertiary alicyclic amines) is 1. The van der Waals surface area contributed by atoms with Crippen LogP contribution in [-0.2, 0) is 0 Å². The maximum absolute atomic E-state index is 12.7. The van der Waals surface area contributed by atoms with E-state index in [1.807, 2.05) is 30.2 Å². The summed E-state index contributed by atoms with van der Waals surface area (Å²) in [5, 5.41) is 0. The van der Waals surface area contributed by atoms with Crippen LogP contribution in [-0.4, -0.2) is 26.7 Å². The van der Waals surface area contributed by atoms with E-state index in [4.69, 9.17) is 0 Å². The molecular weight excluding hydrogens is 282 g/mol. The summed E-state index contributed by atoms with van der Waals surface area (Å²) in [6.07, 6.45) is 7.38. The maximum atomic E-state index is 12.7. The van der Waals surface area contributed by atoms with Gasteiger partial charge in [-0.3, -0.25) is 9.78 Å². The second-order valence-electron chi connectivity index (χ2n) is 6.16. The average Bonchev–Trinajstić information content (AvgIpc) is 2.84. The number of aryl methyl sites for hydroxylation is 1. The minimum atomic E-state index is 0.0609. The van der Waals surface area contributed by atoms with E-state index in [-0.39, 0.29) is 11.9 Å². The van der Waals surface area contributed by atoms with Gasteiger partial charge >= 0.3 is 0 Å². The van der Waals surface area contributed by atoms with Gasteiger partial charge in [0, 0.05) is 29.2 Å². The van der Waals surface area contributed by atoms with Crippen LogP contribution in [0.4, 0.5) is 0 Å². The molecule has 108 valence electrons. The molecule has 0 bridgehead atoms. The summed E-state index contributed by atoms with van der Waals surface area (Å²) in [5.41, 5.74) is 2.04. The van der Waals surface area contributed by atoms with Gasteiger partial charge in [-0.25, -0.2) is 0 Å². The Bertz CT molecular complexity index is 678. The van der Waals surface area contributed by atoms with Crippen LogP contribution >= 0.6 is 11.5 Å². The minimum Gasteiger partial charge on any atom is -0.329 e. The molecule has 21 heavy (non-hydrogen) atoms. The third-order valence-electron chi connectivity index (χ3n) is 4.83. The molecule has 2 aromatic rings. The van der Waals surface area contributed by atoms with Crippen molar-refractivity contribution in [3.63, 3.8) is 0 Å². The molecule has 1 unspecified atom stereocenters. The van der Waals surface area contributed by atoms with E-state index in [0.717, 1.165) is 17.0 Å². The summed E-state index contributed by atoms with van der Waals surface area (Å²) in [4.78, 5) is 20.0. The molecule has 0 aromatic carbocycles. The van der Waals surface area contributed by atoms with Gasteiger partial charge in [-0.2, -0.15) is 4.37 Å². The van der Waals surface area contributed by atoms with Crippen LogP contribution in [0.1, 0.15) is 46.2 Å². The molecule has 1 atom stereocenters. The van der Waals surface area contributed by atoms with Crippen molar-refractivity contribution in [1.82, 2.24) is 14.3 Å². The lowest BCUT2D eigenvalue weighted by Gasteiger charge is -2.62. The molecule has 3 heterocycles. The number of amides is 1. The van der Waals surface area contributed by atoms with Crippen molar-refractivity contribution in [2.75, 3.05) is 6.54 Å². The first-order valence-corrected chi connectivity index (χ1v) is 8.11. The fourth-order valence-corrected chi connectivity index (χ4v) is 4.21. The smallest absolute Gasteiger partial charge is 0.274 e. The van der Waals surface area contributed by atoms with E-state index in [2.05, 4.69) is 15.4 Å². The maximum Gasteiger partial charge on any atom is 0.274 e. The Balaban J connectivity index is 1.65. The van der Waals surface area contributed by atoms with Crippen LogP contribution in [0.5, 0.6) is 0 Å². The molecule has 0 radical (unpaired) electrons. The lowest BCUT2D eigenvalue weighted by molar-refractivity contribution is -0.105. The van der Waals surface area contributed by atoms with Gasteiger partial charge in [0.2, 0.25) is 0 Å². The fourth-order valence-electron chi connectivity index (χ4n) is 3.67. The fraction of sp³-hybridized carbons (Fsp3) is 0.438. The molecule has 1 aliphatic heterocycles. The van der Waals surface area contributed by atoms with Crippen molar-refractivity contribution in [2.24, 2.45) is 5.41 Å². The Hall–Kier alpha value is -1.75. The highest BCUT2D eigenvalue weighted by molar-refractivity contribution is 7.05. The van der Waals surface area contributed by atoms with E-state index < -0.39 is 0 Å². The topological polar surface area (TPSA) is 46.1 Å². The van der Waals surface area contributed by atoms with E-state index in [9.17, 15) is 4.79 Å². The number of rotatable bonds is 2. The Morgan fingerprint density at radius 3 is 2.90 bits per heavy atom. The third-order valence-corrected chi connectivity index (χ3v) is 5.53. The van der Waals surface area contributed by atoms with Gasteiger partial charge in [0.15, 0.2) is 0 Å². The normalized spacial score (nSPS) is 22.7.